The number of ether oxygens (including phenoxy) is 1. The van der Waals surface area contributed by atoms with Crippen LogP contribution in [0.3, 0.4) is 0 Å². The molecule has 0 fully saturated rings. The second-order valence-electron chi connectivity index (χ2n) is 13.7. The lowest BCUT2D eigenvalue weighted by Gasteiger charge is -2.44. The average molecular weight is 870 g/mol. The van der Waals surface area contributed by atoms with Crippen LogP contribution in [0.2, 0.25) is 17.1 Å². The molecule has 24 heteroatoms. The van der Waals surface area contributed by atoms with Gasteiger partial charge in [0.15, 0.2) is 8.32 Å². The largest absolute Gasteiger partial charge is 0.491 e. The van der Waals surface area contributed by atoms with Gasteiger partial charge in [0.25, 0.3) is 5.91 Å². The molecule has 1 amide bonds. The predicted molar refractivity (Wildman–Crippen MR) is 166 cm³/mol. The summed E-state index contributed by atoms with van der Waals surface area (Å²) in [7, 11) is -3.95. The van der Waals surface area contributed by atoms with Gasteiger partial charge < -0.3 is 14.3 Å². The van der Waals surface area contributed by atoms with E-state index in [2.05, 4.69) is 0 Å². The summed E-state index contributed by atoms with van der Waals surface area (Å²) in [4.78, 5) is 11.4. The number of carbonyl (C=O) groups is 1. The topological polar surface area (TPSA) is 88.0 Å². The van der Waals surface area contributed by atoms with Gasteiger partial charge in [0.2, 0.25) is 0 Å². The predicted octanol–water partition coefficient (Wildman–Crippen LogP) is 10.8. The van der Waals surface area contributed by atoms with Gasteiger partial charge in [0, 0.05) is 12.0 Å². The van der Waals surface area contributed by atoms with E-state index in [-0.39, 0.29) is 24.4 Å². The van der Waals surface area contributed by atoms with Gasteiger partial charge in [0.1, 0.15) is 12.4 Å². The van der Waals surface area contributed by atoms with Crippen LogP contribution in [0.1, 0.15) is 66.1 Å². The SMILES string of the molecule is C/C(=C\C[C@@H](C)[C@@H](O)c1ccc(OCCO[Si](CCC(F)(F)C(F)(F)C(F)(F)C(F)(F)C(F)(F)C(F)(F)C(F)(F)C(F)(F)F)(C(C)C)C(C)C)cc1)C(=O)NO. The van der Waals surface area contributed by atoms with Crippen LogP contribution in [0.4, 0.5) is 74.6 Å². The Morgan fingerprint density at radius 3 is 1.55 bits per heavy atom. The van der Waals surface area contributed by atoms with Crippen LogP contribution in [0.15, 0.2) is 35.9 Å². The number of hydrogen-bond acceptors (Lipinski definition) is 5. The number of allylic oxidation sites excluding steroid dienone is 1. The molecule has 1 aromatic rings. The van der Waals surface area contributed by atoms with E-state index in [4.69, 9.17) is 14.4 Å². The fraction of sp³-hybridized carbons (Fsp3) is 0.719. The monoisotopic (exact) mass is 869 g/mol. The summed E-state index contributed by atoms with van der Waals surface area (Å²) in [5.74, 6) is -57.7. The smallest absolute Gasteiger partial charge is 0.460 e. The van der Waals surface area contributed by atoms with Crippen LogP contribution in [-0.2, 0) is 9.22 Å². The number of carbonyl (C=O) groups excluding carboxylic acids is 1. The molecule has 2 atom stereocenters. The molecule has 1 rings (SSSR count). The van der Waals surface area contributed by atoms with Crippen LogP contribution < -0.4 is 10.2 Å². The molecule has 0 saturated heterocycles. The normalized spacial score (nSPS) is 16.0. The van der Waals surface area contributed by atoms with Crippen molar-refractivity contribution in [2.45, 2.75) is 125 Å². The Labute approximate surface area is 310 Å². The van der Waals surface area contributed by atoms with Gasteiger partial charge >= 0.3 is 47.6 Å². The molecule has 0 aliphatic heterocycles. The summed E-state index contributed by atoms with van der Waals surface area (Å²) in [6.45, 7) is 7.49. The second-order valence-corrected chi connectivity index (χ2v) is 18.7. The van der Waals surface area contributed by atoms with Gasteiger partial charge in [-0.25, -0.2) is 5.48 Å². The number of hydrogen-bond donors (Lipinski definition) is 3. The molecule has 326 valence electrons. The van der Waals surface area contributed by atoms with E-state index in [1.165, 1.54) is 70.4 Å². The average Bonchev–Trinajstić information content (AvgIpc) is 3.08. The number of nitrogens with one attached hydrogen (secondary N) is 1. The summed E-state index contributed by atoms with van der Waals surface area (Å²) in [5, 5.41) is 19.3. The first-order valence-corrected chi connectivity index (χ1v) is 18.6. The van der Waals surface area contributed by atoms with E-state index in [1.54, 1.807) is 6.92 Å². The van der Waals surface area contributed by atoms with Crippen molar-refractivity contribution in [2.75, 3.05) is 13.2 Å². The van der Waals surface area contributed by atoms with Gasteiger partial charge in [-0.15, -0.1) is 0 Å². The van der Waals surface area contributed by atoms with Gasteiger partial charge in [-0.05, 0) is 54.1 Å². The number of halogens is 17. The number of aliphatic hydroxyl groups is 1. The standard InChI is InChI=1S/C32H40F17NO5Si/c1-17(2)56(18(3)4,55-15-14-54-22-11-9-21(10-12-22)23(51)19(5)7-8-20(6)24(52)50-53)16-13-25(33,34)26(35,36)27(37,38)28(39,40)29(41,42)30(43,44)31(45,46)32(47,48)49/h8-12,17-19,23,51,53H,7,13-16H2,1-6H3,(H,50,52)/b20-8+/t19-,23-/m1/s1. The van der Waals surface area contributed by atoms with Crippen molar-refractivity contribution in [1.82, 2.24) is 5.48 Å². The lowest BCUT2D eigenvalue weighted by Crippen LogP contribution is -2.74. The van der Waals surface area contributed by atoms with Gasteiger partial charge in [0.05, 0.1) is 12.7 Å². The minimum absolute atomic E-state index is 0.152. The van der Waals surface area contributed by atoms with Crippen LogP contribution in [0.5, 0.6) is 5.75 Å². The van der Waals surface area contributed by atoms with E-state index >= 15 is 0 Å². The number of alkyl halides is 17. The highest BCUT2D eigenvalue weighted by Gasteiger charge is 2.95. The Hall–Kier alpha value is -2.86. The Kier molecular flexibility index (Phi) is 16.0. The van der Waals surface area contributed by atoms with Crippen molar-refractivity contribution in [1.29, 1.82) is 0 Å². The van der Waals surface area contributed by atoms with Crippen molar-refractivity contribution in [2.24, 2.45) is 5.92 Å². The number of aliphatic hydroxyl groups excluding tert-OH is 1. The van der Waals surface area contributed by atoms with E-state index in [0.29, 0.717) is 5.56 Å². The molecule has 0 aliphatic rings. The highest BCUT2D eigenvalue weighted by atomic mass is 28.4. The molecule has 0 aliphatic carbocycles. The maximum absolute atomic E-state index is 14.8. The fourth-order valence-corrected chi connectivity index (χ4v) is 9.98. The number of rotatable bonds is 21. The highest BCUT2D eigenvalue weighted by Crippen LogP contribution is 2.64. The van der Waals surface area contributed by atoms with Crippen molar-refractivity contribution in [3.8, 4) is 5.75 Å². The maximum Gasteiger partial charge on any atom is 0.460 e. The zero-order valence-corrected chi connectivity index (χ0v) is 31.3. The molecule has 0 heterocycles. The minimum atomic E-state index is -8.68. The molecule has 0 radical (unpaired) electrons. The van der Waals surface area contributed by atoms with E-state index in [9.17, 15) is 84.5 Å². The molecule has 1 aromatic carbocycles. The summed E-state index contributed by atoms with van der Waals surface area (Å²) >= 11 is 0. The molecular weight excluding hydrogens is 829 g/mol. The van der Waals surface area contributed by atoms with E-state index in [1.807, 2.05) is 0 Å². The molecule has 0 aromatic heterocycles. The maximum atomic E-state index is 14.8. The third-order valence-electron chi connectivity index (χ3n) is 9.31. The summed E-state index contributed by atoms with van der Waals surface area (Å²) < 4.78 is 245. The Bertz CT molecular complexity index is 1480. The second kappa shape index (κ2) is 17.6. The molecule has 3 N–H and O–H groups in total. The van der Waals surface area contributed by atoms with Crippen molar-refractivity contribution in [3.63, 3.8) is 0 Å². The quantitative estimate of drug-likeness (QED) is 0.0286. The van der Waals surface area contributed by atoms with Crippen LogP contribution >= 0.6 is 0 Å². The molecule has 6 nitrogen and oxygen atoms in total. The number of amides is 1. The van der Waals surface area contributed by atoms with Crippen LogP contribution in [0, 0.1) is 5.92 Å². The fourth-order valence-electron chi connectivity index (χ4n) is 5.51. The van der Waals surface area contributed by atoms with Crippen molar-refractivity contribution in [3.05, 3.63) is 41.5 Å². The molecular formula is C32H40F17NO5Si. The molecule has 0 bridgehead atoms. The summed E-state index contributed by atoms with van der Waals surface area (Å²) in [5.41, 5.74) is 0.331. The van der Waals surface area contributed by atoms with Crippen molar-refractivity contribution < 1.29 is 98.9 Å². The Balaban J connectivity index is 3.20. The number of hydroxylamine groups is 1. The zero-order chi connectivity index (χ0) is 44.3. The van der Waals surface area contributed by atoms with Crippen molar-refractivity contribution >= 4 is 14.2 Å². The van der Waals surface area contributed by atoms with Gasteiger partial charge in [-0.3, -0.25) is 10.0 Å². The first kappa shape index (κ1) is 51.2. The van der Waals surface area contributed by atoms with Crippen LogP contribution in [0.25, 0.3) is 0 Å². The summed E-state index contributed by atoms with van der Waals surface area (Å²) in [6, 6.07) is 4.38. The lowest BCUT2D eigenvalue weighted by molar-refractivity contribution is -0.461. The third-order valence-corrected chi connectivity index (χ3v) is 15.0. The van der Waals surface area contributed by atoms with E-state index in [0.717, 1.165) is 0 Å². The zero-order valence-electron chi connectivity index (χ0n) is 30.3. The highest BCUT2D eigenvalue weighted by molar-refractivity contribution is 6.76. The van der Waals surface area contributed by atoms with E-state index < -0.39 is 104 Å². The number of benzene rings is 1. The first-order chi connectivity index (χ1) is 25.0. The molecule has 56 heavy (non-hydrogen) atoms. The molecule has 0 saturated carbocycles. The summed E-state index contributed by atoms with van der Waals surface area (Å²) in [6.07, 6.45) is -9.70. The molecule has 0 spiro atoms. The van der Waals surface area contributed by atoms with Gasteiger partial charge in [-0.2, -0.15) is 74.6 Å². The minimum Gasteiger partial charge on any atom is -0.491 e. The lowest BCUT2D eigenvalue weighted by atomic mass is 9.88. The Morgan fingerprint density at radius 1 is 0.714 bits per heavy atom. The molecule has 0 unspecified atom stereocenters. The Morgan fingerprint density at radius 2 is 1.14 bits per heavy atom. The van der Waals surface area contributed by atoms with Crippen LogP contribution in [-0.4, -0.2) is 85.4 Å². The third kappa shape index (κ3) is 9.53. The first-order valence-electron chi connectivity index (χ1n) is 16.4. The van der Waals surface area contributed by atoms with Gasteiger partial charge in [-0.1, -0.05) is 52.8 Å².